The van der Waals surface area contributed by atoms with Crippen LogP contribution in [0.1, 0.15) is 48.0 Å². The van der Waals surface area contributed by atoms with Crippen molar-refractivity contribution >= 4 is 8.32 Å². The van der Waals surface area contributed by atoms with E-state index in [1.165, 1.54) is 5.57 Å². The van der Waals surface area contributed by atoms with Crippen molar-refractivity contribution in [2.24, 2.45) is 11.8 Å². The van der Waals surface area contributed by atoms with Gasteiger partial charge >= 0.3 is 0 Å². The highest BCUT2D eigenvalue weighted by molar-refractivity contribution is 6.74. The number of hydrogen-bond acceptors (Lipinski definition) is 2. The largest absolute Gasteiger partial charge is 0.416 e. The maximum absolute atomic E-state index is 9.00. The summed E-state index contributed by atoms with van der Waals surface area (Å²) in [6.45, 7) is 18.9. The molecule has 0 aromatic rings. The van der Waals surface area contributed by atoms with Crippen LogP contribution in [0.25, 0.3) is 0 Å². The van der Waals surface area contributed by atoms with Gasteiger partial charge in [0.1, 0.15) is 0 Å². The Bertz CT molecular complexity index is 351. The summed E-state index contributed by atoms with van der Waals surface area (Å²) in [5.74, 6) is 0.771. The second kappa shape index (κ2) is 8.91. The average Bonchev–Trinajstić information content (AvgIpc) is 2.34. The predicted molar refractivity (Wildman–Crippen MR) is 96.1 cm³/mol. The van der Waals surface area contributed by atoms with Gasteiger partial charge in [-0.2, -0.15) is 0 Å². The fourth-order valence-electron chi connectivity index (χ4n) is 1.67. The molecule has 0 aliphatic rings. The molecular weight excluding hydrogens is 276 g/mol. The molecule has 0 amide bonds. The molecule has 0 spiro atoms. The minimum absolute atomic E-state index is 0.254. The van der Waals surface area contributed by atoms with Crippen molar-refractivity contribution in [1.82, 2.24) is 0 Å². The van der Waals surface area contributed by atoms with Gasteiger partial charge < -0.3 is 9.53 Å². The third-order valence-electron chi connectivity index (χ3n) is 4.29. The van der Waals surface area contributed by atoms with Gasteiger partial charge in [-0.05, 0) is 43.3 Å². The van der Waals surface area contributed by atoms with Gasteiger partial charge in [-0.15, -0.1) is 0 Å². The van der Waals surface area contributed by atoms with E-state index in [1.807, 2.05) is 0 Å². The Balaban J connectivity index is 4.35. The van der Waals surface area contributed by atoms with Crippen LogP contribution in [0.5, 0.6) is 0 Å². The molecule has 0 aliphatic carbocycles. The second-order valence-electron chi connectivity index (χ2n) is 7.89. The molecule has 0 fully saturated rings. The molecule has 0 aromatic carbocycles. The van der Waals surface area contributed by atoms with E-state index in [4.69, 9.17) is 9.53 Å². The molecule has 0 aliphatic heterocycles. The van der Waals surface area contributed by atoms with E-state index in [0.29, 0.717) is 11.8 Å². The van der Waals surface area contributed by atoms with Crippen LogP contribution in [0.3, 0.4) is 0 Å². The third-order valence-corrected chi connectivity index (χ3v) is 8.79. The minimum atomic E-state index is -1.64. The number of hydrogen-bond donors (Lipinski definition) is 1. The van der Waals surface area contributed by atoms with Gasteiger partial charge in [0.25, 0.3) is 0 Å². The molecule has 2 nitrogen and oxygen atoms in total. The zero-order valence-electron chi connectivity index (χ0n) is 15.4. The Morgan fingerprint density at radius 2 is 1.81 bits per heavy atom. The Labute approximate surface area is 133 Å². The molecule has 0 saturated carbocycles. The van der Waals surface area contributed by atoms with Crippen LogP contribution in [0.4, 0.5) is 0 Å². The maximum atomic E-state index is 9.00. The summed E-state index contributed by atoms with van der Waals surface area (Å²) in [4.78, 5) is 0. The molecule has 0 heterocycles. The quantitative estimate of drug-likeness (QED) is 0.495. The van der Waals surface area contributed by atoms with Crippen molar-refractivity contribution in [3.05, 3.63) is 23.8 Å². The zero-order chi connectivity index (χ0) is 16.7. The first kappa shape index (κ1) is 20.6. The lowest BCUT2D eigenvalue weighted by molar-refractivity contribution is 0.239. The molecule has 1 N–H and O–H groups in total. The van der Waals surface area contributed by atoms with Crippen LogP contribution < -0.4 is 0 Å². The second-order valence-corrected chi connectivity index (χ2v) is 12.7. The van der Waals surface area contributed by atoms with E-state index >= 15 is 0 Å². The van der Waals surface area contributed by atoms with E-state index < -0.39 is 8.32 Å². The van der Waals surface area contributed by atoms with Crippen molar-refractivity contribution in [2.45, 2.75) is 66.1 Å². The highest BCUT2D eigenvalue weighted by atomic mass is 28.4. The Hall–Kier alpha value is -0.383. The smallest absolute Gasteiger partial charge is 0.192 e. The Kier molecular flexibility index (Phi) is 8.75. The fraction of sp³-hybridized carbons (Fsp3) is 0.778. The Morgan fingerprint density at radius 3 is 2.29 bits per heavy atom. The minimum Gasteiger partial charge on any atom is -0.416 e. The first-order chi connectivity index (χ1) is 9.49. The maximum Gasteiger partial charge on any atom is 0.192 e. The molecule has 0 bridgehead atoms. The summed E-state index contributed by atoms with van der Waals surface area (Å²) in [6, 6.07) is 0. The molecule has 21 heavy (non-hydrogen) atoms. The van der Waals surface area contributed by atoms with E-state index in [9.17, 15) is 0 Å². The number of rotatable bonds is 8. The zero-order valence-corrected chi connectivity index (χ0v) is 16.4. The SMILES string of the molecule is CC(/C=C/C[C@@H](C)CO)=C\[C@@H](C)CO[Si](C)(C)C(C)(C)C. The lowest BCUT2D eigenvalue weighted by Crippen LogP contribution is -2.41. The van der Waals surface area contributed by atoms with Crippen LogP contribution >= 0.6 is 0 Å². The van der Waals surface area contributed by atoms with Crippen LogP contribution in [0, 0.1) is 11.8 Å². The molecule has 0 saturated heterocycles. The highest BCUT2D eigenvalue weighted by Crippen LogP contribution is 2.36. The van der Waals surface area contributed by atoms with Gasteiger partial charge in [0.2, 0.25) is 0 Å². The topological polar surface area (TPSA) is 29.5 Å². The first-order valence-electron chi connectivity index (χ1n) is 8.09. The molecule has 124 valence electrons. The normalized spacial score (nSPS) is 17.3. The summed E-state index contributed by atoms with van der Waals surface area (Å²) >= 11 is 0. The molecule has 0 aromatic heterocycles. The number of allylic oxidation sites excluding steroid dienone is 3. The highest BCUT2D eigenvalue weighted by Gasteiger charge is 2.37. The summed E-state index contributed by atoms with van der Waals surface area (Å²) in [5.41, 5.74) is 1.27. The van der Waals surface area contributed by atoms with E-state index in [2.05, 4.69) is 72.9 Å². The summed E-state index contributed by atoms with van der Waals surface area (Å²) in [6.07, 6.45) is 7.49. The molecule has 0 rings (SSSR count). The van der Waals surface area contributed by atoms with Crippen molar-refractivity contribution in [3.63, 3.8) is 0 Å². The van der Waals surface area contributed by atoms with Crippen LogP contribution in [-0.2, 0) is 4.43 Å². The first-order valence-corrected chi connectivity index (χ1v) is 11.0. The van der Waals surface area contributed by atoms with Gasteiger partial charge in [0.15, 0.2) is 8.32 Å². The molecule has 2 atom stereocenters. The summed E-state index contributed by atoms with van der Waals surface area (Å²) < 4.78 is 6.25. The monoisotopic (exact) mass is 312 g/mol. The molecule has 0 radical (unpaired) electrons. The van der Waals surface area contributed by atoms with Crippen LogP contribution in [0.15, 0.2) is 23.8 Å². The number of aliphatic hydroxyl groups excluding tert-OH is 1. The van der Waals surface area contributed by atoms with Crippen molar-refractivity contribution in [1.29, 1.82) is 0 Å². The van der Waals surface area contributed by atoms with Crippen molar-refractivity contribution in [2.75, 3.05) is 13.2 Å². The molecule has 0 unspecified atom stereocenters. The molecular formula is C18H36O2Si. The summed E-state index contributed by atoms with van der Waals surface area (Å²) in [5, 5.41) is 9.27. The van der Waals surface area contributed by atoms with Gasteiger partial charge in [-0.3, -0.25) is 0 Å². The van der Waals surface area contributed by atoms with E-state index in [1.54, 1.807) is 0 Å². The standard InChI is InChI=1S/C18H36O2Si/c1-15(10-9-11-16(2)13-19)12-17(3)14-20-21(7,8)18(4,5)6/h9-10,12,16-17,19H,11,13-14H2,1-8H3/b10-9+,15-12+/t16-,17-/m1/s1. The lowest BCUT2D eigenvalue weighted by atomic mass is 10.1. The van der Waals surface area contributed by atoms with Gasteiger partial charge in [-0.1, -0.05) is 58.4 Å². The van der Waals surface area contributed by atoms with E-state index in [0.717, 1.165) is 13.0 Å². The third kappa shape index (κ3) is 8.59. The fourth-order valence-corrected chi connectivity index (χ4v) is 2.78. The molecule has 3 heteroatoms. The summed E-state index contributed by atoms with van der Waals surface area (Å²) in [7, 11) is -1.64. The van der Waals surface area contributed by atoms with Gasteiger partial charge in [0, 0.05) is 13.2 Å². The predicted octanol–water partition coefficient (Wildman–Crippen LogP) is 5.17. The average molecular weight is 313 g/mol. The van der Waals surface area contributed by atoms with Gasteiger partial charge in [-0.25, -0.2) is 0 Å². The van der Waals surface area contributed by atoms with Crippen molar-refractivity contribution in [3.8, 4) is 0 Å². The van der Waals surface area contributed by atoms with Crippen LogP contribution in [0.2, 0.25) is 18.1 Å². The van der Waals surface area contributed by atoms with Crippen LogP contribution in [-0.4, -0.2) is 26.6 Å². The van der Waals surface area contributed by atoms with Gasteiger partial charge in [0.05, 0.1) is 0 Å². The Morgan fingerprint density at radius 1 is 1.24 bits per heavy atom. The van der Waals surface area contributed by atoms with Crippen molar-refractivity contribution < 1.29 is 9.53 Å². The lowest BCUT2D eigenvalue weighted by Gasteiger charge is -2.36. The number of aliphatic hydroxyl groups is 1. The van der Waals surface area contributed by atoms with E-state index in [-0.39, 0.29) is 11.6 Å².